The average molecular weight is 1250 g/mol. The Kier molecular flexibility index (Phi) is 27.1. The van der Waals surface area contributed by atoms with Crippen molar-refractivity contribution in [3.63, 3.8) is 0 Å². The first-order valence-corrected chi connectivity index (χ1v) is 26.9. The summed E-state index contributed by atoms with van der Waals surface area (Å²) < 4.78 is 100. The molecule has 0 aromatic heterocycles. The minimum absolute atomic E-state index is 0.704. The highest BCUT2D eigenvalue weighted by Crippen LogP contribution is 2.38. The Morgan fingerprint density at radius 2 is 0.448 bits per heavy atom. The molecule has 0 spiro atoms. The number of nitrogens with one attached hydrogen (secondary N) is 4. The highest BCUT2D eigenvalue weighted by molar-refractivity contribution is 5.76. The third-order valence-corrected chi connectivity index (χ3v) is 12.5. The first kappa shape index (κ1) is 71.8. The summed E-state index contributed by atoms with van der Waals surface area (Å²) in [7, 11) is 0. The summed E-state index contributed by atoms with van der Waals surface area (Å²) in [4.78, 5) is 179. The predicted octanol–water partition coefficient (Wildman–Crippen LogP) is -3.47. The molecule has 0 saturated carbocycles. The lowest BCUT2D eigenvalue weighted by atomic mass is 9.92. The molecule has 0 radical (unpaired) electrons. The summed E-state index contributed by atoms with van der Waals surface area (Å²) in [6.45, 7) is 10.9. The second-order valence-electron chi connectivity index (χ2n) is 20.1. The van der Waals surface area contributed by atoms with Gasteiger partial charge >= 0.3 is 59.7 Å². The Labute approximate surface area is 497 Å². The third-order valence-electron chi connectivity index (χ3n) is 12.5. The van der Waals surface area contributed by atoms with Gasteiger partial charge in [-0.3, -0.25) is 67.1 Å². The second kappa shape index (κ2) is 32.9. The average Bonchev–Trinajstić information content (AvgIpc) is 0.852. The van der Waals surface area contributed by atoms with Crippen LogP contribution in [-0.2, 0) is 148 Å². The molecule has 0 aromatic carbocycles. The van der Waals surface area contributed by atoms with Crippen molar-refractivity contribution in [1.29, 1.82) is 0 Å². The number of carbonyl (C=O) groups excluding carboxylic acids is 14. The van der Waals surface area contributed by atoms with Crippen LogP contribution in [0.2, 0.25) is 0 Å². The van der Waals surface area contributed by atoms with Crippen LogP contribution in [0.1, 0.15) is 96.9 Å². The molecular formula is C52H74N4O31. The molecule has 0 aliphatic carbocycles. The fraction of sp³-hybridized carbons (Fsp3) is 0.731. The van der Waals surface area contributed by atoms with E-state index in [9.17, 15) is 67.1 Å². The lowest BCUT2D eigenvalue weighted by Gasteiger charge is -2.52. The van der Waals surface area contributed by atoms with E-state index in [4.69, 9.17) is 80.5 Å². The van der Waals surface area contributed by atoms with Gasteiger partial charge in [0.25, 0.3) is 0 Å². The molecule has 4 unspecified atom stereocenters. The Balaban J connectivity index is 1.99. The summed E-state index contributed by atoms with van der Waals surface area (Å²) in [5, 5.41) is 10.1. The van der Waals surface area contributed by atoms with Crippen molar-refractivity contribution in [3.8, 4) is 0 Å². The minimum Gasteiger partial charge on any atom is -0.463 e. The summed E-state index contributed by atoms with van der Waals surface area (Å²) in [5.41, 5.74) is 0. The van der Waals surface area contributed by atoms with Gasteiger partial charge in [0.1, 0.15) is 93.3 Å². The van der Waals surface area contributed by atoms with E-state index in [2.05, 4.69) is 21.3 Å². The molecule has 20 atom stereocenters. The van der Waals surface area contributed by atoms with Crippen LogP contribution in [0.3, 0.4) is 0 Å². The van der Waals surface area contributed by atoms with E-state index in [-0.39, 0.29) is 0 Å². The zero-order valence-electron chi connectivity index (χ0n) is 50.0. The topological polar surface area (TPSA) is 444 Å². The molecule has 4 amide bonds. The van der Waals surface area contributed by atoms with Crippen molar-refractivity contribution in [2.45, 2.75) is 220 Å². The molecule has 4 aliphatic rings. The number of rotatable bonds is 24. The molecule has 0 bridgehead atoms. The molecule has 4 N–H and O–H groups in total. The first-order chi connectivity index (χ1) is 40.6. The monoisotopic (exact) mass is 1250 g/mol. The van der Waals surface area contributed by atoms with Gasteiger partial charge in [0, 0.05) is 96.9 Å². The maximum Gasteiger partial charge on any atom is 0.305 e. The maximum atomic E-state index is 13.4. The van der Waals surface area contributed by atoms with Gasteiger partial charge in [0.15, 0.2) is 49.4 Å². The summed E-state index contributed by atoms with van der Waals surface area (Å²) in [6.07, 6.45) is -29.1. The van der Waals surface area contributed by atoms with Crippen LogP contribution in [0.5, 0.6) is 0 Å². The molecule has 4 heterocycles. The molecule has 0 aromatic rings. The SMILES string of the molecule is CC(=O)N[C@@H]1[C@H](O[C@@H]2C(COC(C)=O)O[C@@H](O[C@@H]3C(COC(C)=O)O[C@@H](O[C@@H]4C(COC(C)=O)O[C@@H](OC(C)=O)[C@@H](NC(C)=O)[C@H]4OC(C)=O)[C@@H](NC(C)=O)[C@H]3OC(C)=O)[C@@H](NC(C)=O)[C@H]2OC(C)=O)OC(COC(C)=O)[C@@H](OC(C)=O)[C@@H]1OC(C)=O. The number of hydrogen-bond acceptors (Lipinski definition) is 31. The first-order valence-electron chi connectivity index (χ1n) is 26.9. The lowest BCUT2D eigenvalue weighted by Crippen LogP contribution is -2.73. The number of esters is 10. The highest BCUT2D eigenvalue weighted by atomic mass is 16.8. The van der Waals surface area contributed by atoms with E-state index < -0.39 is 232 Å². The van der Waals surface area contributed by atoms with Crippen molar-refractivity contribution >= 4 is 83.3 Å². The van der Waals surface area contributed by atoms with Crippen LogP contribution < -0.4 is 21.3 Å². The number of amides is 4. The summed E-state index contributed by atoms with van der Waals surface area (Å²) in [6, 6.07) is -6.94. The van der Waals surface area contributed by atoms with Crippen LogP contribution in [0.15, 0.2) is 0 Å². The molecule has 35 heteroatoms. The molecule has 4 fully saturated rings. The number of carbonyl (C=O) groups is 14. The largest absolute Gasteiger partial charge is 0.463 e. The quantitative estimate of drug-likeness (QED) is 0.0539. The van der Waals surface area contributed by atoms with E-state index in [1.54, 1.807) is 0 Å². The van der Waals surface area contributed by atoms with Gasteiger partial charge in [-0.1, -0.05) is 0 Å². The Morgan fingerprint density at radius 1 is 0.253 bits per heavy atom. The van der Waals surface area contributed by atoms with E-state index in [1.807, 2.05) is 0 Å². The molecule has 4 saturated heterocycles. The lowest BCUT2D eigenvalue weighted by molar-refractivity contribution is -0.362. The molecule has 87 heavy (non-hydrogen) atoms. The summed E-state index contributed by atoms with van der Waals surface area (Å²) >= 11 is 0. The van der Waals surface area contributed by atoms with E-state index >= 15 is 0 Å². The molecule has 488 valence electrons. The van der Waals surface area contributed by atoms with E-state index in [1.165, 1.54) is 0 Å². The smallest absolute Gasteiger partial charge is 0.305 e. The van der Waals surface area contributed by atoms with Gasteiger partial charge in [0.05, 0.1) is 0 Å². The second-order valence-corrected chi connectivity index (χ2v) is 20.1. The van der Waals surface area contributed by atoms with Gasteiger partial charge < -0.3 is 102 Å². The van der Waals surface area contributed by atoms with Crippen molar-refractivity contribution in [2.75, 3.05) is 26.4 Å². The van der Waals surface area contributed by atoms with Gasteiger partial charge in [-0.2, -0.15) is 0 Å². The normalized spacial score (nSPS) is 31.9. The zero-order valence-corrected chi connectivity index (χ0v) is 50.0. The Bertz CT molecular complexity index is 2550. The standard InChI is InChI=1S/C52H74N4O31/c1-19(57)53-37-46(77-29(11)67)42(34(16-72-24(6)62)81-49(37)80-32(14)70)85-51-39(55-21(3)59)48(79-31(13)69)44(36(83-51)18-74-26(8)64)87-52-40(56-22(4)60)47(78-30(12)68)43(35(84-52)17-73-25(7)63)86-50-38(54-20(2)58)45(76-28(10)66)41(75-27(9)65)33(82-50)15-71-23(5)61/h33-52H,15-18H2,1-14H3,(H,53,57)(H,54,58)(H,55,59)(H,56,60)/t33?,34?,35?,36?,37-,38-,39-,40-,41+,42+,43+,44+,45+,46+,47+,48+,49+,50-,51-,52-/m0/s1. The Morgan fingerprint density at radius 3 is 0.667 bits per heavy atom. The van der Waals surface area contributed by atoms with Crippen LogP contribution in [-0.4, -0.2) is 232 Å². The third kappa shape index (κ3) is 21.9. The minimum atomic E-state index is -2.07. The van der Waals surface area contributed by atoms with E-state index in [0.717, 1.165) is 96.9 Å². The van der Waals surface area contributed by atoms with Crippen LogP contribution in [0.25, 0.3) is 0 Å². The zero-order chi connectivity index (χ0) is 65.3. The maximum absolute atomic E-state index is 13.4. The van der Waals surface area contributed by atoms with E-state index in [0.29, 0.717) is 0 Å². The van der Waals surface area contributed by atoms with Crippen molar-refractivity contribution in [1.82, 2.24) is 21.3 Å². The molecular weight excluding hydrogens is 1180 g/mol. The van der Waals surface area contributed by atoms with Gasteiger partial charge in [0.2, 0.25) is 29.9 Å². The van der Waals surface area contributed by atoms with Crippen LogP contribution in [0, 0.1) is 0 Å². The van der Waals surface area contributed by atoms with Crippen molar-refractivity contribution in [2.24, 2.45) is 0 Å². The Hall–Kier alpha value is -7.70. The van der Waals surface area contributed by atoms with Crippen LogP contribution in [0.4, 0.5) is 0 Å². The van der Waals surface area contributed by atoms with Gasteiger partial charge in [-0.25, -0.2) is 0 Å². The number of hydrogen-bond donors (Lipinski definition) is 4. The highest BCUT2D eigenvalue weighted by Gasteiger charge is 2.60. The molecule has 4 aliphatic heterocycles. The summed E-state index contributed by atoms with van der Waals surface area (Å²) in [5.74, 6) is -13.0. The number of ether oxygens (including phenoxy) is 17. The molecule has 35 nitrogen and oxygen atoms in total. The van der Waals surface area contributed by atoms with Crippen LogP contribution >= 0.6 is 0 Å². The van der Waals surface area contributed by atoms with Crippen molar-refractivity contribution < 1.29 is 148 Å². The predicted molar refractivity (Wildman–Crippen MR) is 276 cm³/mol. The van der Waals surface area contributed by atoms with Crippen molar-refractivity contribution in [3.05, 3.63) is 0 Å². The van der Waals surface area contributed by atoms with Gasteiger partial charge in [-0.15, -0.1) is 0 Å². The van der Waals surface area contributed by atoms with Gasteiger partial charge in [-0.05, 0) is 0 Å². The fourth-order valence-electron chi connectivity index (χ4n) is 9.73. The molecule has 4 rings (SSSR count). The fourth-order valence-corrected chi connectivity index (χ4v) is 9.73.